The van der Waals surface area contributed by atoms with Crippen molar-refractivity contribution in [2.75, 3.05) is 0 Å². The van der Waals surface area contributed by atoms with Crippen LogP contribution in [-0.4, -0.2) is 9.55 Å². The SMILES string of the molecule is CCCc1ccc2c(-c3cccc(Cl)c3)cc(=O)n(CC)c2n1. The lowest BCUT2D eigenvalue weighted by molar-refractivity contribution is 0.745. The van der Waals surface area contributed by atoms with E-state index in [1.165, 1.54) is 0 Å². The van der Waals surface area contributed by atoms with Crippen LogP contribution in [0.2, 0.25) is 5.02 Å². The first-order valence-electron chi connectivity index (χ1n) is 7.93. The highest BCUT2D eigenvalue weighted by Crippen LogP contribution is 2.28. The fourth-order valence-corrected chi connectivity index (χ4v) is 3.07. The number of aromatic nitrogens is 2. The molecule has 3 nitrogen and oxygen atoms in total. The number of fused-ring (bicyclic) bond motifs is 1. The number of nitrogens with zero attached hydrogens (tertiary/aromatic N) is 2. The molecule has 0 unspecified atom stereocenters. The Labute approximate surface area is 140 Å². The van der Waals surface area contributed by atoms with Crippen molar-refractivity contribution in [2.45, 2.75) is 33.2 Å². The molecule has 0 bridgehead atoms. The largest absolute Gasteiger partial charge is 0.293 e. The number of pyridine rings is 2. The van der Waals surface area contributed by atoms with Gasteiger partial charge in [-0.2, -0.15) is 0 Å². The Hall–Kier alpha value is -2.13. The van der Waals surface area contributed by atoms with E-state index in [1.807, 2.05) is 37.3 Å². The van der Waals surface area contributed by atoms with Gasteiger partial charge in [0.1, 0.15) is 5.65 Å². The second-order valence-corrected chi connectivity index (χ2v) is 6.01. The maximum Gasteiger partial charge on any atom is 0.252 e. The standard InChI is InChI=1S/C19H19ClN2O/c1-3-6-15-9-10-16-17(13-7-5-8-14(20)11-13)12-18(23)22(4-2)19(16)21-15/h5,7-12H,3-4,6H2,1-2H3. The first kappa shape index (κ1) is 15.8. The third-order valence-corrected chi connectivity index (χ3v) is 4.21. The topological polar surface area (TPSA) is 34.9 Å². The summed E-state index contributed by atoms with van der Waals surface area (Å²) >= 11 is 6.11. The van der Waals surface area contributed by atoms with E-state index in [0.29, 0.717) is 11.6 Å². The Morgan fingerprint density at radius 2 is 1.96 bits per heavy atom. The molecule has 0 radical (unpaired) electrons. The molecule has 1 aromatic carbocycles. The molecular formula is C19H19ClN2O. The van der Waals surface area contributed by atoms with Crippen molar-refractivity contribution < 1.29 is 0 Å². The van der Waals surface area contributed by atoms with E-state index in [-0.39, 0.29) is 5.56 Å². The van der Waals surface area contributed by atoms with Gasteiger partial charge in [0.05, 0.1) is 0 Å². The monoisotopic (exact) mass is 326 g/mol. The molecule has 2 heterocycles. The van der Waals surface area contributed by atoms with Crippen LogP contribution in [0.15, 0.2) is 47.3 Å². The summed E-state index contributed by atoms with van der Waals surface area (Å²) in [5, 5.41) is 1.64. The van der Waals surface area contributed by atoms with Crippen molar-refractivity contribution in [3.05, 3.63) is 63.5 Å². The molecular weight excluding hydrogens is 308 g/mol. The predicted octanol–water partition coefficient (Wildman–Crippen LogP) is 4.69. The van der Waals surface area contributed by atoms with Crippen LogP contribution in [-0.2, 0) is 13.0 Å². The lowest BCUT2D eigenvalue weighted by Crippen LogP contribution is -2.20. The van der Waals surface area contributed by atoms with Gasteiger partial charge in [0.25, 0.3) is 5.56 Å². The summed E-state index contributed by atoms with van der Waals surface area (Å²) in [4.78, 5) is 17.2. The summed E-state index contributed by atoms with van der Waals surface area (Å²) in [5.74, 6) is 0. The first-order valence-corrected chi connectivity index (χ1v) is 8.31. The van der Waals surface area contributed by atoms with Gasteiger partial charge in [0.2, 0.25) is 0 Å². The first-order chi connectivity index (χ1) is 11.1. The summed E-state index contributed by atoms with van der Waals surface area (Å²) in [5.41, 5.74) is 3.56. The van der Waals surface area contributed by atoms with Crippen LogP contribution < -0.4 is 5.56 Å². The van der Waals surface area contributed by atoms with Crippen molar-refractivity contribution in [3.8, 4) is 11.1 Å². The molecule has 23 heavy (non-hydrogen) atoms. The zero-order valence-electron chi connectivity index (χ0n) is 13.3. The molecule has 3 aromatic rings. The van der Waals surface area contributed by atoms with Crippen LogP contribution in [0.1, 0.15) is 26.0 Å². The van der Waals surface area contributed by atoms with Crippen LogP contribution in [0.4, 0.5) is 0 Å². The third kappa shape index (κ3) is 3.02. The van der Waals surface area contributed by atoms with Crippen LogP contribution in [0.3, 0.4) is 0 Å². The molecule has 0 aliphatic rings. The Kier molecular flexibility index (Phi) is 4.49. The minimum absolute atomic E-state index is 0.0314. The molecule has 0 fully saturated rings. The normalized spacial score (nSPS) is 11.1. The van der Waals surface area contributed by atoms with Gasteiger partial charge in [-0.3, -0.25) is 9.36 Å². The van der Waals surface area contributed by atoms with Gasteiger partial charge in [-0.25, -0.2) is 4.98 Å². The quantitative estimate of drug-likeness (QED) is 0.697. The van der Waals surface area contributed by atoms with E-state index in [9.17, 15) is 4.79 Å². The van der Waals surface area contributed by atoms with Gasteiger partial charge in [0, 0.05) is 28.7 Å². The molecule has 0 atom stereocenters. The van der Waals surface area contributed by atoms with Gasteiger partial charge in [-0.15, -0.1) is 0 Å². The minimum atomic E-state index is -0.0314. The second-order valence-electron chi connectivity index (χ2n) is 5.57. The number of aryl methyl sites for hydroxylation is 2. The third-order valence-electron chi connectivity index (χ3n) is 3.97. The van der Waals surface area contributed by atoms with E-state index in [2.05, 4.69) is 13.0 Å². The van der Waals surface area contributed by atoms with Crippen molar-refractivity contribution in [3.63, 3.8) is 0 Å². The van der Waals surface area contributed by atoms with Crippen LogP contribution in [0.25, 0.3) is 22.2 Å². The molecule has 118 valence electrons. The van der Waals surface area contributed by atoms with Gasteiger partial charge in [-0.05, 0) is 48.7 Å². The predicted molar refractivity (Wildman–Crippen MR) is 96.1 cm³/mol. The molecule has 0 saturated heterocycles. The number of benzene rings is 1. The molecule has 0 aliphatic carbocycles. The molecule has 3 rings (SSSR count). The number of halogens is 1. The maximum absolute atomic E-state index is 12.5. The van der Waals surface area contributed by atoms with Gasteiger partial charge in [0.15, 0.2) is 0 Å². The maximum atomic E-state index is 12.5. The Bertz CT molecular complexity index is 915. The summed E-state index contributed by atoms with van der Waals surface area (Å²) in [6.45, 7) is 4.70. The van der Waals surface area contributed by atoms with Gasteiger partial charge < -0.3 is 0 Å². The Balaban J connectivity index is 2.33. The van der Waals surface area contributed by atoms with E-state index in [1.54, 1.807) is 10.6 Å². The lowest BCUT2D eigenvalue weighted by atomic mass is 10.0. The fraction of sp³-hybridized carbons (Fsp3) is 0.263. The van der Waals surface area contributed by atoms with Crippen LogP contribution in [0.5, 0.6) is 0 Å². The summed E-state index contributed by atoms with van der Waals surface area (Å²) in [7, 11) is 0. The second kappa shape index (κ2) is 6.55. The highest BCUT2D eigenvalue weighted by molar-refractivity contribution is 6.30. The molecule has 0 saturated carbocycles. The zero-order chi connectivity index (χ0) is 16.4. The van der Waals surface area contributed by atoms with E-state index in [4.69, 9.17) is 16.6 Å². The Morgan fingerprint density at radius 3 is 2.65 bits per heavy atom. The molecule has 0 aliphatic heterocycles. The minimum Gasteiger partial charge on any atom is -0.293 e. The molecule has 4 heteroatoms. The fourth-order valence-electron chi connectivity index (χ4n) is 2.88. The van der Waals surface area contributed by atoms with Crippen molar-refractivity contribution in [1.82, 2.24) is 9.55 Å². The van der Waals surface area contributed by atoms with Crippen molar-refractivity contribution >= 4 is 22.6 Å². The molecule has 0 amide bonds. The molecule has 0 spiro atoms. The van der Waals surface area contributed by atoms with Gasteiger partial charge in [-0.1, -0.05) is 37.1 Å². The highest BCUT2D eigenvalue weighted by atomic mass is 35.5. The van der Waals surface area contributed by atoms with Gasteiger partial charge >= 0.3 is 0 Å². The molecule has 2 aromatic heterocycles. The highest BCUT2D eigenvalue weighted by Gasteiger charge is 2.12. The summed E-state index contributed by atoms with van der Waals surface area (Å²) < 4.78 is 1.72. The van der Waals surface area contributed by atoms with Crippen molar-refractivity contribution in [1.29, 1.82) is 0 Å². The molecule has 0 N–H and O–H groups in total. The average molecular weight is 327 g/mol. The number of hydrogen-bond donors (Lipinski definition) is 0. The van der Waals surface area contributed by atoms with E-state index >= 15 is 0 Å². The van der Waals surface area contributed by atoms with E-state index < -0.39 is 0 Å². The smallest absolute Gasteiger partial charge is 0.252 e. The number of hydrogen-bond acceptors (Lipinski definition) is 2. The zero-order valence-corrected chi connectivity index (χ0v) is 14.1. The van der Waals surface area contributed by atoms with Crippen LogP contribution >= 0.6 is 11.6 Å². The summed E-state index contributed by atoms with van der Waals surface area (Å²) in [6.07, 6.45) is 1.94. The van der Waals surface area contributed by atoms with Crippen LogP contribution in [0, 0.1) is 0 Å². The number of rotatable bonds is 4. The lowest BCUT2D eigenvalue weighted by Gasteiger charge is -2.13. The van der Waals surface area contributed by atoms with E-state index in [0.717, 1.165) is 40.7 Å². The summed E-state index contributed by atoms with van der Waals surface area (Å²) in [6, 6.07) is 13.4. The van der Waals surface area contributed by atoms with Crippen molar-refractivity contribution in [2.24, 2.45) is 0 Å². The Morgan fingerprint density at radius 1 is 1.13 bits per heavy atom. The average Bonchev–Trinajstić information content (AvgIpc) is 2.54.